The lowest BCUT2D eigenvalue weighted by molar-refractivity contribution is -0.171. The van der Waals surface area contributed by atoms with Gasteiger partial charge in [0.2, 0.25) is 5.91 Å². The van der Waals surface area contributed by atoms with Crippen LogP contribution in [0.15, 0.2) is 48.5 Å². The molecule has 0 bridgehead atoms. The smallest absolute Gasteiger partial charge is 0.340 e. The van der Waals surface area contributed by atoms with Gasteiger partial charge in [0.1, 0.15) is 29.0 Å². The lowest BCUT2D eigenvalue weighted by atomic mass is 10.1. The number of nitrogens with one attached hydrogen (secondary N) is 1. The predicted octanol–water partition coefficient (Wildman–Crippen LogP) is 3.80. The van der Waals surface area contributed by atoms with E-state index in [4.69, 9.17) is 5.73 Å². The van der Waals surface area contributed by atoms with E-state index in [-0.39, 0.29) is 19.6 Å². The first-order chi connectivity index (χ1) is 15.1. The first-order valence-electron chi connectivity index (χ1n) is 9.62. The number of rotatable bonds is 4. The van der Waals surface area contributed by atoms with Crippen molar-refractivity contribution >= 4 is 17.4 Å². The summed E-state index contributed by atoms with van der Waals surface area (Å²) < 4.78 is 67.1. The molecule has 1 amide bonds. The summed E-state index contributed by atoms with van der Waals surface area (Å²) in [5.74, 6) is -1.26. The van der Waals surface area contributed by atoms with Gasteiger partial charge < -0.3 is 20.5 Å². The maximum atomic E-state index is 13.4. The Morgan fingerprint density at radius 3 is 2.19 bits per heavy atom. The molecule has 0 saturated heterocycles. The van der Waals surface area contributed by atoms with Gasteiger partial charge in [0.25, 0.3) is 0 Å². The fraction of sp³-hybridized carbons (Fsp3) is 0.238. The Morgan fingerprint density at radius 1 is 1.00 bits per heavy atom. The van der Waals surface area contributed by atoms with E-state index in [0.29, 0.717) is 28.6 Å². The number of alkyl halides is 3. The summed E-state index contributed by atoms with van der Waals surface area (Å²) in [6.07, 6.45) is -4.85. The minimum Gasteiger partial charge on any atom is -0.340 e. The number of hydrogen-bond donors (Lipinski definition) is 2. The van der Waals surface area contributed by atoms with Crippen LogP contribution in [-0.2, 0) is 17.9 Å². The average molecular weight is 451 g/mol. The second kappa shape index (κ2) is 8.23. The van der Waals surface area contributed by atoms with Crippen LogP contribution in [0.2, 0.25) is 0 Å². The van der Waals surface area contributed by atoms with Crippen molar-refractivity contribution in [1.29, 1.82) is 0 Å². The van der Waals surface area contributed by atoms with E-state index >= 15 is 0 Å². The zero-order valence-electron chi connectivity index (χ0n) is 16.5. The molecule has 1 unspecified atom stereocenters. The molecule has 0 spiro atoms. The van der Waals surface area contributed by atoms with Crippen LogP contribution in [-0.4, -0.2) is 39.1 Å². The highest BCUT2D eigenvalue weighted by Gasteiger charge is 2.44. The number of benzene rings is 2. The average Bonchev–Trinajstić information content (AvgIpc) is 3.11. The van der Waals surface area contributed by atoms with Crippen LogP contribution < -0.4 is 11.1 Å². The van der Waals surface area contributed by atoms with E-state index in [1.807, 2.05) is 0 Å². The first kappa shape index (κ1) is 21.8. The van der Waals surface area contributed by atoms with Crippen LogP contribution in [0.4, 0.5) is 33.5 Å². The quantitative estimate of drug-likeness (QED) is 0.592. The number of nitrogens with two attached hydrogens (primary N) is 1. The third kappa shape index (κ3) is 4.28. The van der Waals surface area contributed by atoms with Crippen LogP contribution in [0.5, 0.6) is 0 Å². The van der Waals surface area contributed by atoms with E-state index in [9.17, 15) is 26.7 Å². The lowest BCUT2D eigenvalue weighted by Gasteiger charge is -2.31. The number of anilines is 2. The number of carbonyl (C=O) groups is 1. The van der Waals surface area contributed by atoms with Crippen LogP contribution in [0.25, 0.3) is 11.3 Å². The fourth-order valence-corrected chi connectivity index (χ4v) is 3.46. The molecule has 2 aromatic carbocycles. The standard InChI is InChI=1S/C21H18F5N5O/c22-13-3-1-12(2-4-13)17-19(28-15-7-5-14(23)6-8-15)31-10-9-30(11-16(31)29-17)20(32)18(27)21(24,25)26/h1-8,18,28H,9-11,27H2. The summed E-state index contributed by atoms with van der Waals surface area (Å²) >= 11 is 0. The summed E-state index contributed by atoms with van der Waals surface area (Å²) in [4.78, 5) is 17.7. The summed E-state index contributed by atoms with van der Waals surface area (Å²) in [6, 6.07) is 8.51. The molecule has 11 heteroatoms. The van der Waals surface area contributed by atoms with Crippen molar-refractivity contribution in [3.63, 3.8) is 0 Å². The van der Waals surface area contributed by atoms with Gasteiger partial charge in [0, 0.05) is 24.3 Å². The molecule has 0 saturated carbocycles. The maximum absolute atomic E-state index is 13.4. The van der Waals surface area contributed by atoms with Gasteiger partial charge in [-0.3, -0.25) is 4.79 Å². The Bertz CT molecular complexity index is 1130. The molecular weight excluding hydrogens is 433 g/mol. The van der Waals surface area contributed by atoms with Crippen LogP contribution in [0, 0.1) is 11.6 Å². The molecule has 3 N–H and O–H groups in total. The van der Waals surface area contributed by atoms with Gasteiger partial charge in [-0.15, -0.1) is 0 Å². The van der Waals surface area contributed by atoms with Crippen molar-refractivity contribution in [3.8, 4) is 11.3 Å². The highest BCUT2D eigenvalue weighted by atomic mass is 19.4. The van der Waals surface area contributed by atoms with Crippen LogP contribution in [0.3, 0.4) is 0 Å². The third-order valence-electron chi connectivity index (χ3n) is 5.13. The van der Waals surface area contributed by atoms with Crippen LogP contribution in [0.1, 0.15) is 5.82 Å². The van der Waals surface area contributed by atoms with Gasteiger partial charge in [0.15, 0.2) is 6.04 Å². The molecule has 1 aromatic heterocycles. The van der Waals surface area contributed by atoms with Gasteiger partial charge in [0.05, 0.1) is 6.54 Å². The summed E-state index contributed by atoms with van der Waals surface area (Å²) in [5.41, 5.74) is 6.60. The Morgan fingerprint density at radius 2 is 1.59 bits per heavy atom. The highest BCUT2D eigenvalue weighted by molar-refractivity contribution is 5.83. The molecule has 0 aliphatic carbocycles. The highest BCUT2D eigenvalue weighted by Crippen LogP contribution is 2.34. The largest absolute Gasteiger partial charge is 0.412 e. The van der Waals surface area contributed by atoms with Crippen molar-refractivity contribution in [3.05, 3.63) is 66.0 Å². The Kier molecular flexibility index (Phi) is 5.59. The molecule has 4 rings (SSSR count). The maximum Gasteiger partial charge on any atom is 0.412 e. The van der Waals surface area contributed by atoms with Crippen molar-refractivity contribution in [2.24, 2.45) is 5.73 Å². The predicted molar refractivity (Wildman–Crippen MR) is 107 cm³/mol. The van der Waals surface area contributed by atoms with Gasteiger partial charge in [-0.25, -0.2) is 13.8 Å². The van der Waals surface area contributed by atoms with Gasteiger partial charge in [-0.2, -0.15) is 13.2 Å². The number of aromatic nitrogens is 2. The Labute approximate surface area is 179 Å². The molecular formula is C21H18F5N5O. The van der Waals surface area contributed by atoms with Crippen molar-refractivity contribution in [1.82, 2.24) is 14.5 Å². The second-order valence-corrected chi connectivity index (χ2v) is 7.29. The zero-order valence-corrected chi connectivity index (χ0v) is 16.5. The molecule has 32 heavy (non-hydrogen) atoms. The molecule has 1 atom stereocenters. The van der Waals surface area contributed by atoms with Crippen LogP contribution >= 0.6 is 0 Å². The molecule has 1 aliphatic rings. The first-order valence-corrected chi connectivity index (χ1v) is 9.62. The summed E-state index contributed by atoms with van der Waals surface area (Å²) in [7, 11) is 0. The second-order valence-electron chi connectivity index (χ2n) is 7.29. The lowest BCUT2D eigenvalue weighted by Crippen LogP contribution is -2.53. The molecule has 6 nitrogen and oxygen atoms in total. The third-order valence-corrected chi connectivity index (χ3v) is 5.13. The molecule has 1 aliphatic heterocycles. The summed E-state index contributed by atoms with van der Waals surface area (Å²) in [6.45, 7) is -0.0296. The molecule has 2 heterocycles. The number of hydrogen-bond acceptors (Lipinski definition) is 4. The van der Waals surface area contributed by atoms with Crippen molar-refractivity contribution in [2.45, 2.75) is 25.3 Å². The SMILES string of the molecule is NC(C(=O)N1CCn2c(nc(-c3ccc(F)cc3)c2Nc2ccc(F)cc2)C1)C(F)(F)F. The minimum absolute atomic E-state index is 0.00701. The van der Waals surface area contributed by atoms with Gasteiger partial charge in [-0.1, -0.05) is 0 Å². The van der Waals surface area contributed by atoms with Crippen molar-refractivity contribution in [2.75, 3.05) is 11.9 Å². The van der Waals surface area contributed by atoms with Crippen molar-refractivity contribution < 1.29 is 26.7 Å². The molecule has 0 radical (unpaired) electrons. The molecule has 3 aromatic rings. The van der Waals surface area contributed by atoms with E-state index in [0.717, 1.165) is 4.90 Å². The fourth-order valence-electron chi connectivity index (χ4n) is 3.46. The number of fused-ring (bicyclic) bond motifs is 1. The van der Waals surface area contributed by atoms with E-state index in [1.165, 1.54) is 48.5 Å². The van der Waals surface area contributed by atoms with Gasteiger partial charge >= 0.3 is 6.18 Å². The Balaban J connectivity index is 1.70. The Hall–Kier alpha value is -3.47. The molecule has 0 fully saturated rings. The number of nitrogens with zero attached hydrogens (tertiary/aromatic N) is 3. The zero-order chi connectivity index (χ0) is 23.0. The monoisotopic (exact) mass is 451 g/mol. The number of imidazole rings is 1. The number of amides is 1. The molecule has 168 valence electrons. The number of carbonyl (C=O) groups excluding carboxylic acids is 1. The van der Waals surface area contributed by atoms with Gasteiger partial charge in [-0.05, 0) is 48.5 Å². The topological polar surface area (TPSA) is 76.2 Å². The summed E-state index contributed by atoms with van der Waals surface area (Å²) in [5, 5.41) is 3.14. The number of halogens is 5. The normalized spacial score (nSPS) is 14.8. The van der Waals surface area contributed by atoms with E-state index in [2.05, 4.69) is 10.3 Å². The van der Waals surface area contributed by atoms with E-state index < -0.39 is 29.8 Å². The van der Waals surface area contributed by atoms with E-state index in [1.54, 1.807) is 4.57 Å². The minimum atomic E-state index is -4.85.